The lowest BCUT2D eigenvalue weighted by Gasteiger charge is -2.47. The summed E-state index contributed by atoms with van der Waals surface area (Å²) in [5, 5.41) is 0. The fourth-order valence-corrected chi connectivity index (χ4v) is 5.03. The lowest BCUT2D eigenvalue weighted by Crippen LogP contribution is -2.51. The molecule has 3 aliphatic rings. The molecule has 3 saturated carbocycles. The molecule has 0 saturated heterocycles. The molecule has 20 heavy (non-hydrogen) atoms. The normalized spacial score (nSPS) is 27.4. The monoisotopic (exact) mass is 280 g/mol. The van der Waals surface area contributed by atoms with Gasteiger partial charge in [0.1, 0.15) is 0 Å². The Morgan fingerprint density at radius 3 is 0.900 bits per heavy atom. The molecule has 0 radical (unpaired) electrons. The van der Waals surface area contributed by atoms with Crippen LogP contribution in [0.5, 0.6) is 0 Å². The quantitative estimate of drug-likeness (QED) is 0.746. The van der Waals surface area contributed by atoms with Gasteiger partial charge in [0.25, 0.3) is 0 Å². The fourth-order valence-electron chi connectivity index (χ4n) is 5.03. The standard InChI is InChI=1S/C18H33N.H3N/c1-4-10-16(11-5-1)19(17-12-6-2-7-13-17)18-14-8-3-9-15-18;/h16-18H,1-15H2;1H3. The van der Waals surface area contributed by atoms with E-state index in [1.807, 2.05) is 0 Å². The van der Waals surface area contributed by atoms with E-state index in [2.05, 4.69) is 4.90 Å². The van der Waals surface area contributed by atoms with Gasteiger partial charge in [0.2, 0.25) is 0 Å². The minimum atomic E-state index is 0. The maximum absolute atomic E-state index is 3.08. The zero-order valence-electron chi connectivity index (χ0n) is 13.5. The summed E-state index contributed by atoms with van der Waals surface area (Å²) in [5.41, 5.74) is 0. The fraction of sp³-hybridized carbons (Fsp3) is 1.00. The van der Waals surface area contributed by atoms with Gasteiger partial charge < -0.3 is 6.15 Å². The summed E-state index contributed by atoms with van der Waals surface area (Å²) in [4.78, 5) is 3.08. The molecular weight excluding hydrogens is 244 g/mol. The second kappa shape index (κ2) is 8.38. The molecule has 0 unspecified atom stereocenters. The number of hydrogen-bond donors (Lipinski definition) is 1. The maximum Gasteiger partial charge on any atom is 0.0101 e. The third-order valence-corrected chi connectivity index (χ3v) is 5.99. The predicted molar refractivity (Wildman–Crippen MR) is 87.5 cm³/mol. The van der Waals surface area contributed by atoms with Gasteiger partial charge in [0, 0.05) is 18.1 Å². The highest BCUT2D eigenvalue weighted by atomic mass is 15.2. The van der Waals surface area contributed by atoms with E-state index >= 15 is 0 Å². The van der Waals surface area contributed by atoms with Crippen molar-refractivity contribution < 1.29 is 0 Å². The molecule has 3 aliphatic carbocycles. The summed E-state index contributed by atoms with van der Waals surface area (Å²) in [6.07, 6.45) is 22.5. The van der Waals surface area contributed by atoms with E-state index in [0.717, 1.165) is 18.1 Å². The van der Waals surface area contributed by atoms with Crippen LogP contribution in [-0.4, -0.2) is 23.0 Å². The van der Waals surface area contributed by atoms with Crippen LogP contribution in [-0.2, 0) is 0 Å². The van der Waals surface area contributed by atoms with Gasteiger partial charge in [-0.15, -0.1) is 0 Å². The van der Waals surface area contributed by atoms with E-state index in [-0.39, 0.29) is 6.15 Å². The number of nitrogens with zero attached hydrogens (tertiary/aromatic N) is 1. The van der Waals surface area contributed by atoms with Crippen molar-refractivity contribution in [3.63, 3.8) is 0 Å². The largest absolute Gasteiger partial charge is 0.344 e. The van der Waals surface area contributed by atoms with Crippen LogP contribution in [0.4, 0.5) is 0 Å². The third-order valence-electron chi connectivity index (χ3n) is 5.99. The topological polar surface area (TPSA) is 38.2 Å². The molecule has 0 atom stereocenters. The van der Waals surface area contributed by atoms with Crippen molar-refractivity contribution >= 4 is 0 Å². The van der Waals surface area contributed by atoms with Gasteiger partial charge in [-0.2, -0.15) is 0 Å². The molecule has 118 valence electrons. The zero-order chi connectivity index (χ0) is 12.9. The molecule has 2 heteroatoms. The molecule has 0 aliphatic heterocycles. The Hall–Kier alpha value is -0.0800. The summed E-state index contributed by atoms with van der Waals surface area (Å²) in [7, 11) is 0. The Balaban J connectivity index is 0.00000147. The zero-order valence-corrected chi connectivity index (χ0v) is 13.5. The predicted octanol–water partition coefficient (Wildman–Crippen LogP) is 5.45. The van der Waals surface area contributed by atoms with Gasteiger partial charge in [0.15, 0.2) is 0 Å². The van der Waals surface area contributed by atoms with Crippen LogP contribution in [0, 0.1) is 0 Å². The Morgan fingerprint density at radius 2 is 0.650 bits per heavy atom. The molecule has 0 spiro atoms. The third kappa shape index (κ3) is 3.98. The van der Waals surface area contributed by atoms with E-state index in [1.165, 1.54) is 96.3 Å². The van der Waals surface area contributed by atoms with Crippen LogP contribution in [0.15, 0.2) is 0 Å². The minimum Gasteiger partial charge on any atom is -0.344 e. The Kier molecular flexibility index (Phi) is 6.83. The number of hydrogen-bond acceptors (Lipinski definition) is 2. The first-order valence-corrected chi connectivity index (χ1v) is 9.22. The van der Waals surface area contributed by atoms with E-state index in [1.54, 1.807) is 0 Å². The lowest BCUT2D eigenvalue weighted by molar-refractivity contribution is 0.0221. The smallest absolute Gasteiger partial charge is 0.0101 e. The van der Waals surface area contributed by atoms with Crippen molar-refractivity contribution in [3.8, 4) is 0 Å². The van der Waals surface area contributed by atoms with Crippen molar-refractivity contribution in [2.45, 2.75) is 114 Å². The van der Waals surface area contributed by atoms with E-state index in [4.69, 9.17) is 0 Å². The molecule has 0 aromatic heterocycles. The molecule has 0 bridgehead atoms. The van der Waals surface area contributed by atoms with Crippen molar-refractivity contribution in [3.05, 3.63) is 0 Å². The summed E-state index contributed by atoms with van der Waals surface area (Å²) in [5.74, 6) is 0. The van der Waals surface area contributed by atoms with Crippen LogP contribution < -0.4 is 6.15 Å². The van der Waals surface area contributed by atoms with Crippen LogP contribution >= 0.6 is 0 Å². The van der Waals surface area contributed by atoms with Crippen LogP contribution in [0.1, 0.15) is 96.3 Å². The summed E-state index contributed by atoms with van der Waals surface area (Å²) in [6, 6.07) is 2.87. The van der Waals surface area contributed by atoms with Crippen molar-refractivity contribution in [1.29, 1.82) is 0 Å². The van der Waals surface area contributed by atoms with Gasteiger partial charge in [-0.1, -0.05) is 57.8 Å². The van der Waals surface area contributed by atoms with E-state index < -0.39 is 0 Å². The van der Waals surface area contributed by atoms with Gasteiger partial charge in [-0.25, -0.2) is 0 Å². The Labute approximate surface area is 126 Å². The van der Waals surface area contributed by atoms with Crippen molar-refractivity contribution in [2.75, 3.05) is 0 Å². The average molecular weight is 280 g/mol. The summed E-state index contributed by atoms with van der Waals surface area (Å²) < 4.78 is 0. The molecule has 3 rings (SSSR count). The molecule has 2 nitrogen and oxygen atoms in total. The molecule has 3 N–H and O–H groups in total. The molecule has 0 amide bonds. The van der Waals surface area contributed by atoms with E-state index in [0.29, 0.717) is 0 Å². The van der Waals surface area contributed by atoms with Gasteiger partial charge in [-0.3, -0.25) is 4.90 Å². The second-order valence-electron chi connectivity index (χ2n) is 7.32. The molecule has 0 aromatic rings. The summed E-state index contributed by atoms with van der Waals surface area (Å²) >= 11 is 0. The first-order valence-electron chi connectivity index (χ1n) is 9.22. The van der Waals surface area contributed by atoms with Crippen molar-refractivity contribution in [1.82, 2.24) is 11.1 Å². The van der Waals surface area contributed by atoms with Crippen LogP contribution in [0.2, 0.25) is 0 Å². The molecule has 0 heterocycles. The Bertz CT molecular complexity index is 205. The SMILES string of the molecule is C1CCC(N(C2CCCCC2)C2CCCCC2)CC1.N. The van der Waals surface area contributed by atoms with E-state index in [9.17, 15) is 0 Å². The average Bonchev–Trinajstić information content (AvgIpc) is 2.51. The minimum absolute atomic E-state index is 0. The van der Waals surface area contributed by atoms with Gasteiger partial charge >= 0.3 is 0 Å². The van der Waals surface area contributed by atoms with Gasteiger partial charge in [-0.05, 0) is 38.5 Å². The highest BCUT2D eigenvalue weighted by Crippen LogP contribution is 2.35. The highest BCUT2D eigenvalue weighted by Gasteiger charge is 2.34. The Morgan fingerprint density at radius 1 is 0.400 bits per heavy atom. The highest BCUT2D eigenvalue weighted by molar-refractivity contribution is 4.89. The van der Waals surface area contributed by atoms with Crippen molar-refractivity contribution in [2.24, 2.45) is 0 Å². The molecular formula is C18H36N2. The van der Waals surface area contributed by atoms with Crippen LogP contribution in [0.3, 0.4) is 0 Å². The van der Waals surface area contributed by atoms with Crippen LogP contribution in [0.25, 0.3) is 0 Å². The first kappa shape index (κ1) is 16.3. The molecule has 3 fully saturated rings. The number of rotatable bonds is 3. The lowest BCUT2D eigenvalue weighted by atomic mass is 9.84. The maximum atomic E-state index is 3.08. The second-order valence-corrected chi connectivity index (χ2v) is 7.32. The molecule has 0 aromatic carbocycles. The first-order chi connectivity index (χ1) is 9.45. The summed E-state index contributed by atoms with van der Waals surface area (Å²) in [6.45, 7) is 0. The van der Waals surface area contributed by atoms with Gasteiger partial charge in [0.05, 0.1) is 0 Å².